The first-order valence-corrected chi connectivity index (χ1v) is 7.01. The highest BCUT2D eigenvalue weighted by Gasteiger charge is 2.20. The molecule has 0 aliphatic carbocycles. The summed E-state index contributed by atoms with van der Waals surface area (Å²) in [5.41, 5.74) is 7.65. The number of rotatable bonds is 3. The van der Waals surface area contributed by atoms with E-state index in [0.29, 0.717) is 12.6 Å². The number of likely N-dealkylation sites (N-methyl/N-ethyl adjacent to an activating group) is 1. The highest BCUT2D eigenvalue weighted by atomic mass is 15.3. The van der Waals surface area contributed by atoms with Crippen molar-refractivity contribution in [1.82, 2.24) is 19.5 Å². The molecule has 1 aliphatic heterocycles. The lowest BCUT2D eigenvalue weighted by molar-refractivity contribution is 0.182. The number of piperidine rings is 1. The summed E-state index contributed by atoms with van der Waals surface area (Å²) < 4.78 is 1.84. The van der Waals surface area contributed by atoms with E-state index >= 15 is 0 Å². The maximum Gasteiger partial charge on any atom is 0.155 e. The van der Waals surface area contributed by atoms with E-state index in [0.717, 1.165) is 23.5 Å². The summed E-state index contributed by atoms with van der Waals surface area (Å²) >= 11 is 0. The Balaban J connectivity index is 1.81. The van der Waals surface area contributed by atoms with Crippen molar-refractivity contribution in [2.75, 3.05) is 13.6 Å². The van der Waals surface area contributed by atoms with Gasteiger partial charge >= 0.3 is 0 Å². The molecule has 1 saturated heterocycles. The van der Waals surface area contributed by atoms with Gasteiger partial charge in [0.05, 0.1) is 0 Å². The van der Waals surface area contributed by atoms with Crippen molar-refractivity contribution >= 4 is 5.65 Å². The molecular weight excluding hydrogens is 238 g/mol. The zero-order chi connectivity index (χ0) is 13.2. The van der Waals surface area contributed by atoms with E-state index in [1.807, 2.05) is 22.8 Å². The summed E-state index contributed by atoms with van der Waals surface area (Å²) in [4.78, 5) is 7.05. The largest absolute Gasteiger partial charge is 0.326 e. The van der Waals surface area contributed by atoms with E-state index in [-0.39, 0.29) is 0 Å². The highest BCUT2D eigenvalue weighted by molar-refractivity contribution is 5.40. The fourth-order valence-electron chi connectivity index (χ4n) is 2.80. The molecule has 0 amide bonds. The number of nitrogens with two attached hydrogens (primary N) is 1. The van der Waals surface area contributed by atoms with Crippen molar-refractivity contribution in [2.24, 2.45) is 5.73 Å². The van der Waals surface area contributed by atoms with Crippen LogP contribution in [0.4, 0.5) is 0 Å². The molecule has 19 heavy (non-hydrogen) atoms. The Morgan fingerprint density at radius 2 is 2.32 bits per heavy atom. The quantitative estimate of drug-likeness (QED) is 0.900. The first-order chi connectivity index (χ1) is 9.26. The molecule has 0 aromatic carbocycles. The van der Waals surface area contributed by atoms with Crippen molar-refractivity contribution in [1.29, 1.82) is 0 Å². The van der Waals surface area contributed by atoms with Crippen LogP contribution in [0.25, 0.3) is 5.65 Å². The summed E-state index contributed by atoms with van der Waals surface area (Å²) in [5, 5.41) is 4.55. The molecule has 0 saturated carbocycles. The van der Waals surface area contributed by atoms with Crippen molar-refractivity contribution in [2.45, 2.75) is 38.3 Å². The van der Waals surface area contributed by atoms with Crippen molar-refractivity contribution in [3.8, 4) is 0 Å². The minimum atomic E-state index is 0.546. The van der Waals surface area contributed by atoms with Crippen LogP contribution in [0.5, 0.6) is 0 Å². The molecule has 1 unspecified atom stereocenters. The predicted molar refractivity (Wildman–Crippen MR) is 74.9 cm³/mol. The van der Waals surface area contributed by atoms with Crippen molar-refractivity contribution < 1.29 is 0 Å². The van der Waals surface area contributed by atoms with Crippen LogP contribution in [0.2, 0.25) is 0 Å². The van der Waals surface area contributed by atoms with E-state index in [1.54, 1.807) is 0 Å². The molecule has 5 nitrogen and oxygen atoms in total. The van der Waals surface area contributed by atoms with E-state index in [4.69, 9.17) is 5.73 Å². The lowest BCUT2D eigenvalue weighted by Gasteiger charge is -2.31. The van der Waals surface area contributed by atoms with Crippen LogP contribution in [0.3, 0.4) is 0 Å². The van der Waals surface area contributed by atoms with Crippen LogP contribution < -0.4 is 5.73 Å². The first-order valence-electron chi connectivity index (χ1n) is 7.01. The molecule has 2 N–H and O–H groups in total. The summed E-state index contributed by atoms with van der Waals surface area (Å²) in [5.74, 6) is 0.938. The zero-order valence-electron chi connectivity index (χ0n) is 11.4. The van der Waals surface area contributed by atoms with Gasteiger partial charge < -0.3 is 10.6 Å². The molecule has 3 rings (SSSR count). The third-order valence-electron chi connectivity index (χ3n) is 4.02. The minimum absolute atomic E-state index is 0.546. The Hall–Kier alpha value is -1.46. The molecule has 0 radical (unpaired) electrons. The summed E-state index contributed by atoms with van der Waals surface area (Å²) in [7, 11) is 2.20. The molecule has 0 bridgehead atoms. The second kappa shape index (κ2) is 5.27. The fraction of sp³-hybridized carbons (Fsp3) is 0.571. The standard InChI is InChI=1S/C14H21N5/c1-18-6-3-2-4-12(18)9-13-16-14-8-11(10-15)5-7-19(14)17-13/h5,7-8,12H,2-4,6,9-10,15H2,1H3. The number of likely N-dealkylation sites (tertiary alicyclic amines) is 1. The summed E-state index contributed by atoms with van der Waals surface area (Å²) in [6.07, 6.45) is 6.76. The van der Waals surface area contributed by atoms with Crippen molar-refractivity contribution in [3.63, 3.8) is 0 Å². The molecule has 5 heteroatoms. The second-order valence-electron chi connectivity index (χ2n) is 5.40. The molecule has 102 valence electrons. The van der Waals surface area contributed by atoms with Gasteiger partial charge in [-0.1, -0.05) is 6.42 Å². The van der Waals surface area contributed by atoms with Gasteiger partial charge in [-0.15, -0.1) is 0 Å². The summed E-state index contributed by atoms with van der Waals surface area (Å²) in [6.45, 7) is 1.74. The van der Waals surface area contributed by atoms with Crippen LogP contribution in [0, 0.1) is 0 Å². The number of pyridine rings is 1. The van der Waals surface area contributed by atoms with Gasteiger partial charge in [-0.25, -0.2) is 9.50 Å². The SMILES string of the molecule is CN1CCCCC1Cc1nc2cc(CN)ccn2n1. The van der Waals surface area contributed by atoms with Gasteiger partial charge in [-0.2, -0.15) is 5.10 Å². The lowest BCUT2D eigenvalue weighted by Crippen LogP contribution is -2.37. The Morgan fingerprint density at radius 3 is 3.11 bits per heavy atom. The molecule has 2 aromatic heterocycles. The van der Waals surface area contributed by atoms with Crippen LogP contribution in [-0.4, -0.2) is 39.1 Å². The maximum atomic E-state index is 5.65. The Bertz CT molecular complexity index is 562. The monoisotopic (exact) mass is 259 g/mol. The normalized spacial score (nSPS) is 21.1. The number of hydrogen-bond acceptors (Lipinski definition) is 4. The van der Waals surface area contributed by atoms with Gasteiger partial charge in [0.25, 0.3) is 0 Å². The Morgan fingerprint density at radius 1 is 1.42 bits per heavy atom. The lowest BCUT2D eigenvalue weighted by atomic mass is 10.00. The topological polar surface area (TPSA) is 59.5 Å². The third-order valence-corrected chi connectivity index (χ3v) is 4.02. The predicted octanol–water partition coefficient (Wildman–Crippen LogP) is 1.21. The molecular formula is C14H21N5. The first kappa shape index (κ1) is 12.6. The van der Waals surface area contributed by atoms with Gasteiger partial charge in [0.15, 0.2) is 11.5 Å². The zero-order valence-corrected chi connectivity index (χ0v) is 11.4. The average Bonchev–Trinajstić information content (AvgIpc) is 2.82. The number of aromatic nitrogens is 3. The van der Waals surface area contributed by atoms with Crippen LogP contribution >= 0.6 is 0 Å². The van der Waals surface area contributed by atoms with E-state index in [1.165, 1.54) is 25.8 Å². The smallest absolute Gasteiger partial charge is 0.155 e. The van der Waals surface area contributed by atoms with Gasteiger partial charge in [0.1, 0.15) is 0 Å². The van der Waals surface area contributed by atoms with Crippen molar-refractivity contribution in [3.05, 3.63) is 29.7 Å². The average molecular weight is 259 g/mol. The Kier molecular flexibility index (Phi) is 3.48. The number of fused-ring (bicyclic) bond motifs is 1. The molecule has 1 aliphatic rings. The number of nitrogens with zero attached hydrogens (tertiary/aromatic N) is 4. The third kappa shape index (κ3) is 2.62. The molecule has 1 fully saturated rings. The molecule has 3 heterocycles. The van der Waals surface area contributed by atoms with Crippen LogP contribution in [0.1, 0.15) is 30.7 Å². The van der Waals surface area contributed by atoms with Gasteiger partial charge in [-0.05, 0) is 44.1 Å². The van der Waals surface area contributed by atoms with E-state index < -0.39 is 0 Å². The van der Waals surface area contributed by atoms with E-state index in [2.05, 4.69) is 22.0 Å². The molecule has 2 aromatic rings. The minimum Gasteiger partial charge on any atom is -0.326 e. The van der Waals surface area contributed by atoms with E-state index in [9.17, 15) is 0 Å². The van der Waals surface area contributed by atoms with Gasteiger partial charge in [0.2, 0.25) is 0 Å². The maximum absolute atomic E-state index is 5.65. The van der Waals surface area contributed by atoms with Gasteiger partial charge in [0, 0.05) is 25.2 Å². The second-order valence-corrected chi connectivity index (χ2v) is 5.40. The molecule has 1 atom stereocenters. The van der Waals surface area contributed by atoms with Crippen LogP contribution in [0.15, 0.2) is 18.3 Å². The molecule has 0 spiro atoms. The summed E-state index contributed by atoms with van der Waals surface area (Å²) in [6, 6.07) is 4.60. The van der Waals surface area contributed by atoms with Crippen LogP contribution in [-0.2, 0) is 13.0 Å². The Labute approximate surface area is 113 Å². The van der Waals surface area contributed by atoms with Gasteiger partial charge in [-0.3, -0.25) is 0 Å². The number of hydrogen-bond donors (Lipinski definition) is 1. The highest BCUT2D eigenvalue weighted by Crippen LogP contribution is 2.18. The fourth-order valence-corrected chi connectivity index (χ4v) is 2.80.